The SMILES string of the molecule is CCOC(=O)c1c(NC(=O)CSC2NC3NNCC3C(=O)N2c2ccccc2)sc(C)c1C. The smallest absolute Gasteiger partial charge is 0.341 e. The molecule has 2 saturated heterocycles. The molecule has 4 N–H and O–H groups in total. The number of anilines is 2. The zero-order chi connectivity index (χ0) is 23.5. The number of thiophene rings is 1. The van der Waals surface area contributed by atoms with Gasteiger partial charge in [-0.3, -0.25) is 25.2 Å². The van der Waals surface area contributed by atoms with Gasteiger partial charge >= 0.3 is 5.97 Å². The van der Waals surface area contributed by atoms with E-state index in [1.165, 1.54) is 23.1 Å². The molecule has 3 unspecified atom stereocenters. The number of para-hydroxylation sites is 1. The van der Waals surface area contributed by atoms with Crippen molar-refractivity contribution in [2.45, 2.75) is 32.4 Å². The van der Waals surface area contributed by atoms with Gasteiger partial charge in [-0.05, 0) is 38.5 Å². The number of hydrogen-bond donors (Lipinski definition) is 4. The summed E-state index contributed by atoms with van der Waals surface area (Å²) in [6, 6.07) is 9.42. The molecule has 2 fully saturated rings. The van der Waals surface area contributed by atoms with E-state index in [1.54, 1.807) is 11.8 Å². The Morgan fingerprint density at radius 1 is 1.27 bits per heavy atom. The second-order valence-electron chi connectivity index (χ2n) is 7.74. The van der Waals surface area contributed by atoms with Gasteiger partial charge in [-0.1, -0.05) is 18.2 Å². The molecule has 0 radical (unpaired) electrons. The summed E-state index contributed by atoms with van der Waals surface area (Å²) in [6.45, 7) is 6.29. The van der Waals surface area contributed by atoms with Gasteiger partial charge in [0.1, 0.15) is 10.5 Å². The molecule has 2 amide bonds. The minimum Gasteiger partial charge on any atom is -0.462 e. The van der Waals surface area contributed by atoms with E-state index in [4.69, 9.17) is 4.74 Å². The van der Waals surface area contributed by atoms with Gasteiger partial charge < -0.3 is 10.1 Å². The van der Waals surface area contributed by atoms with Crippen molar-refractivity contribution in [3.05, 3.63) is 46.3 Å². The summed E-state index contributed by atoms with van der Waals surface area (Å²) < 4.78 is 5.16. The standard InChI is InChI=1S/C22H27N5O4S2/c1-4-31-21(30)17-12(2)13(3)33-19(17)24-16(28)11-32-22-25-18-15(10-23-26-18)20(29)27(22)14-8-6-5-7-9-14/h5-9,15,18,22-23,25-26H,4,10-11H2,1-3H3,(H,24,28). The van der Waals surface area contributed by atoms with Crippen LogP contribution in [0.2, 0.25) is 0 Å². The number of carbonyl (C=O) groups is 3. The van der Waals surface area contributed by atoms with E-state index in [0.29, 0.717) is 17.1 Å². The van der Waals surface area contributed by atoms with Crippen LogP contribution in [-0.2, 0) is 14.3 Å². The molecule has 0 saturated carbocycles. The fraction of sp³-hybridized carbons (Fsp3) is 0.409. The number of thioether (sulfide) groups is 1. The highest BCUT2D eigenvalue weighted by Gasteiger charge is 2.44. The van der Waals surface area contributed by atoms with Crippen molar-refractivity contribution in [2.75, 3.05) is 29.1 Å². The molecule has 0 bridgehead atoms. The van der Waals surface area contributed by atoms with Crippen molar-refractivity contribution < 1.29 is 19.1 Å². The first-order valence-electron chi connectivity index (χ1n) is 10.7. The predicted octanol–water partition coefficient (Wildman–Crippen LogP) is 2.18. The second kappa shape index (κ2) is 10.2. The molecule has 11 heteroatoms. The van der Waals surface area contributed by atoms with Crippen LogP contribution in [-0.4, -0.2) is 48.4 Å². The van der Waals surface area contributed by atoms with Gasteiger partial charge in [-0.15, -0.1) is 23.1 Å². The van der Waals surface area contributed by atoms with Crippen LogP contribution in [0.15, 0.2) is 30.3 Å². The van der Waals surface area contributed by atoms with Gasteiger partial charge in [0.15, 0.2) is 0 Å². The Kier molecular flexibility index (Phi) is 7.35. The molecule has 1 aromatic heterocycles. The minimum absolute atomic E-state index is 0.00513. The van der Waals surface area contributed by atoms with Crippen LogP contribution >= 0.6 is 23.1 Å². The van der Waals surface area contributed by atoms with E-state index in [0.717, 1.165) is 16.1 Å². The Balaban J connectivity index is 1.47. The molecule has 33 heavy (non-hydrogen) atoms. The predicted molar refractivity (Wildman–Crippen MR) is 130 cm³/mol. The molecule has 2 aliphatic heterocycles. The number of carbonyl (C=O) groups excluding carboxylic acids is 3. The van der Waals surface area contributed by atoms with E-state index < -0.39 is 11.5 Å². The number of fused-ring (bicyclic) bond motifs is 1. The van der Waals surface area contributed by atoms with Crippen molar-refractivity contribution >= 4 is 51.6 Å². The minimum atomic E-state index is -0.442. The van der Waals surface area contributed by atoms with Crippen LogP contribution in [0.5, 0.6) is 0 Å². The molecule has 9 nitrogen and oxygen atoms in total. The van der Waals surface area contributed by atoms with Gasteiger partial charge in [0.05, 0.1) is 30.0 Å². The largest absolute Gasteiger partial charge is 0.462 e. The summed E-state index contributed by atoms with van der Waals surface area (Å²) in [5.74, 6) is -0.844. The summed E-state index contributed by atoms with van der Waals surface area (Å²) in [7, 11) is 0. The molecule has 3 atom stereocenters. The quantitative estimate of drug-likeness (QED) is 0.438. The summed E-state index contributed by atoms with van der Waals surface area (Å²) in [4.78, 5) is 41.1. The third-order valence-electron chi connectivity index (χ3n) is 5.62. The monoisotopic (exact) mass is 489 g/mol. The molecular weight excluding hydrogens is 462 g/mol. The maximum atomic E-state index is 13.2. The topological polar surface area (TPSA) is 112 Å². The van der Waals surface area contributed by atoms with Crippen LogP contribution in [0.25, 0.3) is 0 Å². The van der Waals surface area contributed by atoms with Gasteiger partial charge in [0.2, 0.25) is 11.8 Å². The van der Waals surface area contributed by atoms with E-state index >= 15 is 0 Å². The number of hydrogen-bond acceptors (Lipinski definition) is 9. The Hall–Kier alpha value is -2.44. The zero-order valence-electron chi connectivity index (χ0n) is 18.6. The number of aryl methyl sites for hydroxylation is 1. The van der Waals surface area contributed by atoms with Crippen LogP contribution in [0.1, 0.15) is 27.7 Å². The number of rotatable bonds is 7. The lowest BCUT2D eigenvalue weighted by atomic mass is 10.0. The lowest BCUT2D eigenvalue weighted by molar-refractivity contribution is -0.124. The zero-order valence-corrected chi connectivity index (χ0v) is 20.3. The third-order valence-corrected chi connectivity index (χ3v) is 7.83. The lowest BCUT2D eigenvalue weighted by Gasteiger charge is -2.41. The van der Waals surface area contributed by atoms with Crippen molar-refractivity contribution in [3.8, 4) is 0 Å². The van der Waals surface area contributed by atoms with Gasteiger partial charge in [0, 0.05) is 17.1 Å². The number of benzene rings is 1. The molecule has 2 aromatic rings. The highest BCUT2D eigenvalue weighted by atomic mass is 32.2. The van der Waals surface area contributed by atoms with Crippen molar-refractivity contribution in [3.63, 3.8) is 0 Å². The number of amides is 2. The molecule has 1 aromatic carbocycles. The fourth-order valence-electron chi connectivity index (χ4n) is 3.86. The first kappa shape index (κ1) is 23.7. The number of ether oxygens (including phenoxy) is 1. The van der Waals surface area contributed by atoms with Crippen LogP contribution in [0.3, 0.4) is 0 Å². The molecule has 176 valence electrons. The molecule has 3 heterocycles. The average Bonchev–Trinajstić information content (AvgIpc) is 3.37. The number of nitrogens with one attached hydrogen (secondary N) is 4. The molecule has 0 aliphatic carbocycles. The molecule has 4 rings (SSSR count). The summed E-state index contributed by atoms with van der Waals surface area (Å²) in [6.07, 6.45) is -0.212. The first-order chi connectivity index (χ1) is 15.9. The second-order valence-corrected chi connectivity index (χ2v) is 10.0. The number of nitrogens with zero attached hydrogens (tertiary/aromatic N) is 1. The van der Waals surface area contributed by atoms with Crippen LogP contribution < -0.4 is 26.4 Å². The Bertz CT molecular complexity index is 1040. The maximum absolute atomic E-state index is 13.2. The van der Waals surface area contributed by atoms with Crippen molar-refractivity contribution in [2.24, 2.45) is 5.92 Å². The van der Waals surface area contributed by atoms with Gasteiger partial charge in [-0.25, -0.2) is 10.2 Å². The lowest BCUT2D eigenvalue weighted by Crippen LogP contribution is -2.64. The first-order valence-corrected chi connectivity index (χ1v) is 12.6. The Labute approximate surface area is 200 Å². The van der Waals surface area contributed by atoms with Crippen molar-refractivity contribution in [1.29, 1.82) is 0 Å². The van der Waals surface area contributed by atoms with Crippen LogP contribution in [0, 0.1) is 19.8 Å². The molecular formula is C22H27N5O4S2. The highest BCUT2D eigenvalue weighted by Crippen LogP contribution is 2.34. The van der Waals surface area contributed by atoms with E-state index in [2.05, 4.69) is 21.5 Å². The highest BCUT2D eigenvalue weighted by molar-refractivity contribution is 8.00. The van der Waals surface area contributed by atoms with E-state index in [-0.39, 0.29) is 36.3 Å². The fourth-order valence-corrected chi connectivity index (χ4v) is 5.93. The van der Waals surface area contributed by atoms with Gasteiger partial charge in [0.25, 0.3) is 0 Å². The summed E-state index contributed by atoms with van der Waals surface area (Å²) in [5, 5.41) is 6.77. The van der Waals surface area contributed by atoms with E-state index in [1.807, 2.05) is 44.2 Å². The molecule has 0 spiro atoms. The number of hydrazine groups is 1. The summed E-state index contributed by atoms with van der Waals surface area (Å²) in [5.41, 5.74) is 7.66. The van der Waals surface area contributed by atoms with Crippen LogP contribution in [0.4, 0.5) is 10.7 Å². The number of esters is 1. The summed E-state index contributed by atoms with van der Waals surface area (Å²) >= 11 is 2.67. The Morgan fingerprint density at radius 2 is 2.03 bits per heavy atom. The maximum Gasteiger partial charge on any atom is 0.341 e. The normalized spacial score (nSPS) is 22.2. The van der Waals surface area contributed by atoms with Crippen molar-refractivity contribution in [1.82, 2.24) is 16.2 Å². The Morgan fingerprint density at radius 3 is 2.76 bits per heavy atom. The third kappa shape index (κ3) is 4.92. The average molecular weight is 490 g/mol. The van der Waals surface area contributed by atoms with Gasteiger partial charge in [-0.2, -0.15) is 0 Å². The van der Waals surface area contributed by atoms with E-state index in [9.17, 15) is 14.4 Å². The molecule has 2 aliphatic rings.